The lowest BCUT2D eigenvalue weighted by Crippen LogP contribution is -2.26. The van der Waals surface area contributed by atoms with Crippen LogP contribution in [-0.4, -0.2) is 76.8 Å². The lowest BCUT2D eigenvalue weighted by Gasteiger charge is -2.07. The Hall–Kier alpha value is -1.22. The van der Waals surface area contributed by atoms with E-state index >= 15 is 0 Å². The standard InChI is InChI=1S/C19H34N2O6/c22-18(20-8-1-3-10-24-12-16-14-26-16)6-5-7-19(23)21-9-2-4-11-25-13-17-15-27-17/h16-17H,1-15H2,(H,20,22)(H,21,23). The zero-order chi connectivity index (χ0) is 19.2. The van der Waals surface area contributed by atoms with Crippen LogP contribution in [0.2, 0.25) is 0 Å². The number of carbonyl (C=O) groups is 2. The van der Waals surface area contributed by atoms with Gasteiger partial charge in [-0.25, -0.2) is 0 Å². The third kappa shape index (κ3) is 13.6. The van der Waals surface area contributed by atoms with Crippen molar-refractivity contribution in [3.63, 3.8) is 0 Å². The third-order valence-electron chi connectivity index (χ3n) is 4.30. The summed E-state index contributed by atoms with van der Waals surface area (Å²) in [7, 11) is 0. The van der Waals surface area contributed by atoms with Gasteiger partial charge in [0.2, 0.25) is 11.8 Å². The van der Waals surface area contributed by atoms with E-state index in [2.05, 4.69) is 10.6 Å². The van der Waals surface area contributed by atoms with Crippen molar-refractivity contribution in [2.24, 2.45) is 0 Å². The van der Waals surface area contributed by atoms with Gasteiger partial charge in [-0.05, 0) is 32.1 Å². The highest BCUT2D eigenvalue weighted by atomic mass is 16.6. The number of carbonyl (C=O) groups excluding carboxylic acids is 2. The molecule has 0 saturated carbocycles. The molecular formula is C19H34N2O6. The van der Waals surface area contributed by atoms with Crippen LogP contribution in [0.4, 0.5) is 0 Å². The van der Waals surface area contributed by atoms with E-state index in [0.717, 1.165) is 38.9 Å². The Morgan fingerprint density at radius 3 is 1.59 bits per heavy atom. The Morgan fingerprint density at radius 1 is 0.741 bits per heavy atom. The fraction of sp³-hybridized carbons (Fsp3) is 0.895. The molecule has 156 valence electrons. The van der Waals surface area contributed by atoms with Crippen molar-refractivity contribution in [1.82, 2.24) is 10.6 Å². The molecule has 27 heavy (non-hydrogen) atoms. The summed E-state index contributed by atoms with van der Waals surface area (Å²) in [5.41, 5.74) is 0. The summed E-state index contributed by atoms with van der Waals surface area (Å²) >= 11 is 0. The molecule has 0 spiro atoms. The fourth-order valence-corrected chi connectivity index (χ4v) is 2.46. The molecule has 0 aromatic carbocycles. The second-order valence-electron chi connectivity index (χ2n) is 7.03. The highest BCUT2D eigenvalue weighted by Gasteiger charge is 2.22. The quantitative estimate of drug-likeness (QED) is 0.267. The van der Waals surface area contributed by atoms with E-state index in [1.807, 2.05) is 0 Å². The van der Waals surface area contributed by atoms with Gasteiger partial charge in [0.1, 0.15) is 12.2 Å². The van der Waals surface area contributed by atoms with E-state index in [9.17, 15) is 9.59 Å². The molecule has 8 heteroatoms. The van der Waals surface area contributed by atoms with E-state index in [1.165, 1.54) is 0 Å². The zero-order valence-electron chi connectivity index (χ0n) is 16.2. The molecule has 2 fully saturated rings. The highest BCUT2D eigenvalue weighted by Crippen LogP contribution is 2.09. The Labute approximate surface area is 161 Å². The van der Waals surface area contributed by atoms with Gasteiger partial charge in [-0.15, -0.1) is 0 Å². The molecular weight excluding hydrogens is 352 g/mol. The lowest BCUT2D eigenvalue weighted by atomic mass is 10.2. The van der Waals surface area contributed by atoms with Crippen LogP contribution >= 0.6 is 0 Å². The predicted molar refractivity (Wildman–Crippen MR) is 99.5 cm³/mol. The second kappa shape index (κ2) is 13.9. The first-order chi connectivity index (χ1) is 13.2. The van der Waals surface area contributed by atoms with E-state index in [4.69, 9.17) is 18.9 Å². The van der Waals surface area contributed by atoms with E-state index < -0.39 is 0 Å². The minimum absolute atomic E-state index is 0.00638. The van der Waals surface area contributed by atoms with Crippen molar-refractivity contribution in [2.45, 2.75) is 57.2 Å². The second-order valence-corrected chi connectivity index (χ2v) is 7.03. The first-order valence-electron chi connectivity index (χ1n) is 10.2. The van der Waals surface area contributed by atoms with Gasteiger partial charge in [-0.3, -0.25) is 9.59 Å². The maximum atomic E-state index is 11.7. The molecule has 2 heterocycles. The Bertz CT molecular complexity index is 388. The van der Waals surface area contributed by atoms with Crippen LogP contribution in [0.25, 0.3) is 0 Å². The molecule has 2 atom stereocenters. The van der Waals surface area contributed by atoms with E-state index in [0.29, 0.717) is 71.0 Å². The Morgan fingerprint density at radius 2 is 1.19 bits per heavy atom. The number of hydrogen-bond acceptors (Lipinski definition) is 6. The number of unbranched alkanes of at least 4 members (excludes halogenated alkanes) is 2. The van der Waals surface area contributed by atoms with E-state index in [-0.39, 0.29) is 11.8 Å². The first-order valence-corrected chi connectivity index (χ1v) is 10.2. The Balaban J connectivity index is 1.27. The molecule has 2 aliphatic rings. The molecule has 2 saturated heterocycles. The number of ether oxygens (including phenoxy) is 4. The topological polar surface area (TPSA) is 102 Å². The molecule has 2 rings (SSSR count). The summed E-state index contributed by atoms with van der Waals surface area (Å²) in [4.78, 5) is 23.4. The zero-order valence-corrected chi connectivity index (χ0v) is 16.2. The average molecular weight is 386 g/mol. The molecule has 2 aliphatic heterocycles. The summed E-state index contributed by atoms with van der Waals surface area (Å²) in [6.07, 6.45) is 5.62. The summed E-state index contributed by atoms with van der Waals surface area (Å²) in [6, 6.07) is 0. The van der Waals surface area contributed by atoms with Gasteiger partial charge in [0.25, 0.3) is 0 Å². The SMILES string of the molecule is O=C(CCCC(=O)NCCCCOCC1CO1)NCCCCOCC1CO1. The molecule has 0 aliphatic carbocycles. The number of nitrogens with one attached hydrogen (secondary N) is 2. The van der Waals surface area contributed by atoms with Crippen molar-refractivity contribution in [2.75, 3.05) is 52.7 Å². The number of amides is 2. The average Bonchev–Trinajstić information content (AvgIpc) is 3.55. The molecule has 0 aromatic heterocycles. The van der Waals surface area contributed by atoms with Crippen LogP contribution < -0.4 is 10.6 Å². The van der Waals surface area contributed by atoms with Gasteiger partial charge in [0.15, 0.2) is 0 Å². The van der Waals surface area contributed by atoms with Crippen molar-refractivity contribution < 1.29 is 28.5 Å². The van der Waals surface area contributed by atoms with Crippen LogP contribution in [0.3, 0.4) is 0 Å². The molecule has 8 nitrogen and oxygen atoms in total. The smallest absolute Gasteiger partial charge is 0.220 e. The van der Waals surface area contributed by atoms with Crippen molar-refractivity contribution >= 4 is 11.8 Å². The van der Waals surface area contributed by atoms with Crippen molar-refractivity contribution in [1.29, 1.82) is 0 Å². The first kappa shape index (κ1) is 22.1. The van der Waals surface area contributed by atoms with Crippen molar-refractivity contribution in [3.05, 3.63) is 0 Å². The molecule has 2 unspecified atom stereocenters. The molecule has 0 radical (unpaired) electrons. The van der Waals surface area contributed by atoms with Crippen LogP contribution in [0.15, 0.2) is 0 Å². The minimum atomic E-state index is 0.00638. The summed E-state index contributed by atoms with van der Waals surface area (Å²) in [6.45, 7) is 5.72. The third-order valence-corrected chi connectivity index (χ3v) is 4.30. The van der Waals surface area contributed by atoms with Gasteiger partial charge in [0.05, 0.1) is 26.4 Å². The van der Waals surface area contributed by atoms with Gasteiger partial charge in [-0.2, -0.15) is 0 Å². The summed E-state index contributed by atoms with van der Waals surface area (Å²) in [5.74, 6) is 0.0128. The number of epoxide rings is 2. The fourth-order valence-electron chi connectivity index (χ4n) is 2.46. The maximum Gasteiger partial charge on any atom is 0.220 e. The lowest BCUT2D eigenvalue weighted by molar-refractivity contribution is -0.122. The monoisotopic (exact) mass is 386 g/mol. The normalized spacial score (nSPS) is 20.3. The van der Waals surface area contributed by atoms with Crippen LogP contribution in [0.1, 0.15) is 44.9 Å². The number of rotatable bonds is 18. The molecule has 2 amide bonds. The summed E-state index contributed by atoms with van der Waals surface area (Å²) < 4.78 is 21.0. The van der Waals surface area contributed by atoms with Crippen molar-refractivity contribution in [3.8, 4) is 0 Å². The predicted octanol–water partition coefficient (Wildman–Crippen LogP) is 0.780. The Kier molecular flexibility index (Phi) is 11.3. The van der Waals surface area contributed by atoms with Gasteiger partial charge in [0, 0.05) is 39.1 Å². The van der Waals surface area contributed by atoms with Gasteiger partial charge < -0.3 is 29.6 Å². The van der Waals surface area contributed by atoms with Gasteiger partial charge in [-0.1, -0.05) is 0 Å². The highest BCUT2D eigenvalue weighted by molar-refractivity contribution is 5.78. The van der Waals surface area contributed by atoms with E-state index in [1.54, 1.807) is 0 Å². The summed E-state index contributed by atoms with van der Waals surface area (Å²) in [5, 5.41) is 5.76. The van der Waals surface area contributed by atoms with Crippen LogP contribution in [-0.2, 0) is 28.5 Å². The molecule has 0 aromatic rings. The van der Waals surface area contributed by atoms with Crippen LogP contribution in [0, 0.1) is 0 Å². The van der Waals surface area contributed by atoms with Gasteiger partial charge >= 0.3 is 0 Å². The number of hydrogen-bond donors (Lipinski definition) is 2. The largest absolute Gasteiger partial charge is 0.379 e. The molecule has 2 N–H and O–H groups in total. The minimum Gasteiger partial charge on any atom is -0.379 e. The maximum absolute atomic E-state index is 11.7. The van der Waals surface area contributed by atoms with Crippen LogP contribution in [0.5, 0.6) is 0 Å². The molecule has 0 bridgehead atoms.